The van der Waals surface area contributed by atoms with Crippen LogP contribution in [0.4, 0.5) is 0 Å². The second-order valence-electron chi connectivity index (χ2n) is 21.9. The largest absolute Gasteiger partial charge is 0.370 e. The number of primary amides is 2. The van der Waals surface area contributed by atoms with E-state index in [0.29, 0.717) is 12.0 Å². The van der Waals surface area contributed by atoms with Crippen molar-refractivity contribution in [2.45, 2.75) is 172 Å². The van der Waals surface area contributed by atoms with Gasteiger partial charge in [-0.05, 0) is 95.0 Å². The Morgan fingerprint density at radius 1 is 0.512 bits per heavy atom. The van der Waals surface area contributed by atoms with E-state index in [1.54, 1.807) is 58.0 Å². The highest BCUT2D eigenvalue weighted by molar-refractivity contribution is 5.98. The molecular formula is C54H93N21O11. The Balaban J connectivity index is 2.41. The first kappa shape index (κ1) is 73.3. The highest BCUT2D eigenvalue weighted by atomic mass is 16.2. The fourth-order valence-electron chi connectivity index (χ4n) is 9.01. The summed E-state index contributed by atoms with van der Waals surface area (Å²) in [7, 11) is 0. The first-order valence-electron chi connectivity index (χ1n) is 28.7. The Labute approximate surface area is 501 Å². The van der Waals surface area contributed by atoms with Crippen LogP contribution in [-0.4, -0.2) is 175 Å². The molecule has 1 heterocycles. The van der Waals surface area contributed by atoms with Crippen molar-refractivity contribution in [1.82, 2.24) is 47.4 Å². The molecule has 1 aliphatic heterocycles. The maximum absolute atomic E-state index is 14.5. The monoisotopic (exact) mass is 1210 g/mol. The van der Waals surface area contributed by atoms with Gasteiger partial charge in [-0.25, -0.2) is 0 Å². The van der Waals surface area contributed by atoms with Gasteiger partial charge in [0.25, 0.3) is 0 Å². The number of nitrogens with one attached hydrogen (secondary N) is 8. The normalized spacial score (nSPS) is 15.5. The Kier molecular flexibility index (Phi) is 32.5. The molecule has 1 aromatic rings. The molecular weight excluding hydrogens is 1120 g/mol. The van der Waals surface area contributed by atoms with Crippen LogP contribution in [0.3, 0.4) is 0 Å². The van der Waals surface area contributed by atoms with Gasteiger partial charge in [-0.1, -0.05) is 58.0 Å². The van der Waals surface area contributed by atoms with Gasteiger partial charge < -0.3 is 99.0 Å². The number of nitrogens with zero attached hydrogens (tertiary/aromatic N) is 4. The van der Waals surface area contributed by atoms with Crippen molar-refractivity contribution in [1.29, 1.82) is 0 Å². The minimum atomic E-state index is -1.49. The molecule has 480 valence electrons. The topological polar surface area (TPSA) is 559 Å². The van der Waals surface area contributed by atoms with Crippen molar-refractivity contribution in [3.8, 4) is 0 Å². The van der Waals surface area contributed by atoms with Gasteiger partial charge in [-0.2, -0.15) is 0 Å². The van der Waals surface area contributed by atoms with Gasteiger partial charge in [0.1, 0.15) is 48.3 Å². The third kappa shape index (κ3) is 28.6. The number of rotatable bonds is 39. The summed E-state index contributed by atoms with van der Waals surface area (Å²) in [6, 6.07) is -2.41. The van der Waals surface area contributed by atoms with E-state index in [0.717, 1.165) is 0 Å². The molecule has 32 heteroatoms. The Hall–Kier alpha value is -8.84. The van der Waals surface area contributed by atoms with Crippen molar-refractivity contribution in [2.24, 2.45) is 78.4 Å². The summed E-state index contributed by atoms with van der Waals surface area (Å²) in [6.45, 7) is 8.31. The molecule has 26 N–H and O–H groups in total. The van der Waals surface area contributed by atoms with Crippen molar-refractivity contribution in [3.63, 3.8) is 0 Å². The van der Waals surface area contributed by atoms with Crippen LogP contribution in [0.1, 0.15) is 117 Å². The van der Waals surface area contributed by atoms with Gasteiger partial charge >= 0.3 is 0 Å². The number of aliphatic imine (C=N–C) groups is 3. The molecule has 1 aliphatic rings. The van der Waals surface area contributed by atoms with Crippen LogP contribution in [-0.2, 0) is 59.2 Å². The molecule has 1 fully saturated rings. The summed E-state index contributed by atoms with van der Waals surface area (Å²) >= 11 is 0. The van der Waals surface area contributed by atoms with Crippen molar-refractivity contribution in [2.75, 3.05) is 32.7 Å². The van der Waals surface area contributed by atoms with Crippen LogP contribution in [0.25, 0.3) is 0 Å². The standard InChI is InChI=1S/C54H93N21O11/c1-29(2)25-38(49(84)69-34(16-10-22-65-53(60)61)46(81)72-37(43(57)78)27-32-13-7-6-8-14-32)73-47(82)35(17-11-23-66-54(62)63)70-50(85)39(26-30(3)4)74-48(83)36(19-20-41(56)76)71-51(86)40-18-12-24-75(40)42(77)28-67-45(80)33(68-44(79)31(5)55)15-9-21-64-52(58)59/h6-8,13-14,29-31,33-40H,9-12,15-28,55H2,1-5H3,(H2,56,76)(H2,57,78)(H,67,80)(H,68,79)(H,69,84)(H,70,85)(H,71,86)(H,72,81)(H,73,82)(H,74,83)(H4,58,59,64)(H4,60,61,65)(H4,62,63,66)/t31-,33-,34-,35-,36-,37-,38-,39-,40-/m0/s1. The zero-order chi connectivity index (χ0) is 64.6. The lowest BCUT2D eigenvalue weighted by atomic mass is 9.99. The summed E-state index contributed by atoms with van der Waals surface area (Å²) in [5, 5.41) is 21.0. The maximum atomic E-state index is 14.5. The van der Waals surface area contributed by atoms with Crippen LogP contribution in [0.2, 0.25) is 0 Å². The number of amides is 11. The Morgan fingerprint density at radius 3 is 1.31 bits per heavy atom. The molecule has 11 amide bonds. The quantitative estimate of drug-likeness (QED) is 0.0166. The average molecular weight is 1210 g/mol. The molecule has 1 saturated heterocycles. The lowest BCUT2D eigenvalue weighted by molar-refractivity contribution is -0.140. The van der Waals surface area contributed by atoms with Crippen LogP contribution in [0.5, 0.6) is 0 Å². The smallest absolute Gasteiger partial charge is 0.243 e. The van der Waals surface area contributed by atoms with Crippen molar-refractivity contribution >= 4 is 82.9 Å². The second kappa shape index (κ2) is 38.2. The molecule has 0 bridgehead atoms. The number of carbonyl (C=O) groups excluding carboxylic acids is 11. The lowest BCUT2D eigenvalue weighted by Gasteiger charge is -2.29. The van der Waals surface area contributed by atoms with E-state index in [-0.39, 0.29) is 133 Å². The zero-order valence-corrected chi connectivity index (χ0v) is 49.9. The molecule has 0 radical (unpaired) electrons. The lowest BCUT2D eigenvalue weighted by Crippen LogP contribution is -2.60. The predicted molar refractivity (Wildman–Crippen MR) is 321 cm³/mol. The fourth-order valence-corrected chi connectivity index (χ4v) is 9.01. The summed E-state index contributed by atoms with van der Waals surface area (Å²) in [5.74, 6) is -9.64. The van der Waals surface area contributed by atoms with Crippen molar-refractivity contribution < 1.29 is 52.7 Å². The number of hydrogen-bond donors (Lipinski definition) is 17. The van der Waals surface area contributed by atoms with E-state index in [9.17, 15) is 52.7 Å². The van der Waals surface area contributed by atoms with E-state index < -0.39 is 126 Å². The summed E-state index contributed by atoms with van der Waals surface area (Å²) in [4.78, 5) is 162. The number of hydrogen-bond acceptors (Lipinski definition) is 15. The average Bonchev–Trinajstić information content (AvgIpc) is 4.15. The zero-order valence-electron chi connectivity index (χ0n) is 49.9. The van der Waals surface area contributed by atoms with Crippen LogP contribution in [0.15, 0.2) is 45.3 Å². The molecule has 1 aromatic carbocycles. The van der Waals surface area contributed by atoms with E-state index in [2.05, 4.69) is 57.5 Å². The predicted octanol–water partition coefficient (Wildman–Crippen LogP) is -5.92. The number of guanidine groups is 3. The summed E-state index contributed by atoms with van der Waals surface area (Å²) < 4.78 is 0. The van der Waals surface area contributed by atoms with Gasteiger partial charge in [0.05, 0.1) is 12.6 Å². The summed E-state index contributed by atoms with van der Waals surface area (Å²) in [6.07, 6.45) is 0.467. The minimum Gasteiger partial charge on any atom is -0.370 e. The third-order valence-corrected chi connectivity index (χ3v) is 13.4. The van der Waals surface area contributed by atoms with Gasteiger partial charge in [-0.15, -0.1) is 0 Å². The van der Waals surface area contributed by atoms with E-state index in [1.807, 2.05) is 0 Å². The molecule has 0 saturated carbocycles. The first-order valence-corrected chi connectivity index (χ1v) is 28.7. The molecule has 86 heavy (non-hydrogen) atoms. The Bertz CT molecular complexity index is 2540. The van der Waals surface area contributed by atoms with E-state index in [1.165, 1.54) is 11.8 Å². The maximum Gasteiger partial charge on any atom is 0.243 e. The fraction of sp³-hybridized carbons (Fsp3) is 0.630. The van der Waals surface area contributed by atoms with E-state index >= 15 is 0 Å². The molecule has 2 rings (SSSR count). The number of carbonyl (C=O) groups is 11. The van der Waals surface area contributed by atoms with Crippen LogP contribution < -0.4 is 94.1 Å². The first-order chi connectivity index (χ1) is 40.5. The SMILES string of the molecule is CC(C)C[C@H](NC(=O)[C@H](CCCN=C(N)N)NC(=O)[C@H](CC(C)C)NC(=O)[C@H](CCC(N)=O)NC(=O)[C@@H]1CCCN1C(=O)CNC(=O)[C@H](CCCN=C(N)N)NC(=O)[C@H](C)N)C(=O)N[C@@H](CCCN=C(N)N)C(=O)N[C@@H](Cc1ccccc1)C(N)=O. The molecule has 0 aliphatic carbocycles. The van der Waals surface area contributed by atoms with E-state index in [4.69, 9.17) is 51.6 Å². The molecule has 32 nitrogen and oxygen atoms in total. The van der Waals surface area contributed by atoms with Gasteiger partial charge in [0.2, 0.25) is 65.0 Å². The molecule has 0 spiro atoms. The summed E-state index contributed by atoms with van der Waals surface area (Å²) in [5.41, 5.74) is 50.5. The number of benzene rings is 1. The van der Waals surface area contributed by atoms with Crippen molar-refractivity contribution in [3.05, 3.63) is 35.9 Å². The second-order valence-corrected chi connectivity index (χ2v) is 21.9. The number of nitrogens with two attached hydrogens (primary N) is 9. The highest BCUT2D eigenvalue weighted by Gasteiger charge is 2.38. The van der Waals surface area contributed by atoms with Crippen LogP contribution >= 0.6 is 0 Å². The van der Waals surface area contributed by atoms with Gasteiger partial charge in [-0.3, -0.25) is 67.7 Å². The van der Waals surface area contributed by atoms with Crippen LogP contribution in [0, 0.1) is 11.8 Å². The molecule has 0 aromatic heterocycles. The van der Waals surface area contributed by atoms with Gasteiger partial charge in [0, 0.05) is 39.0 Å². The number of likely N-dealkylation sites (tertiary alicyclic amines) is 1. The minimum absolute atomic E-state index is 0.00788. The van der Waals surface area contributed by atoms with Gasteiger partial charge in [0.15, 0.2) is 17.9 Å². The molecule has 0 unspecified atom stereocenters. The Morgan fingerprint density at radius 2 is 0.907 bits per heavy atom. The highest BCUT2D eigenvalue weighted by Crippen LogP contribution is 2.19. The third-order valence-electron chi connectivity index (χ3n) is 13.4. The molecule has 9 atom stereocenters.